The van der Waals surface area contributed by atoms with Crippen LogP contribution in [0.25, 0.3) is 0 Å². The van der Waals surface area contributed by atoms with Gasteiger partial charge in [0.2, 0.25) is 0 Å². The van der Waals surface area contributed by atoms with Crippen LogP contribution in [-0.4, -0.2) is 12.3 Å². The molecule has 0 fully saturated rings. The molecule has 1 aliphatic rings. The number of hydrogen-bond acceptors (Lipinski definition) is 3. The fourth-order valence-electron chi connectivity index (χ4n) is 2.79. The van der Waals surface area contributed by atoms with Crippen LogP contribution in [0.5, 0.6) is 0 Å². The highest BCUT2D eigenvalue weighted by atomic mass is 35.5. The fourth-order valence-corrected chi connectivity index (χ4v) is 4.12. The van der Waals surface area contributed by atoms with Crippen LogP contribution in [0.2, 0.25) is 5.02 Å². The fraction of sp³-hybridized carbons (Fsp3) is 0.421. The molecule has 26 heavy (non-hydrogen) atoms. The van der Waals surface area contributed by atoms with Crippen molar-refractivity contribution < 1.29 is 18.0 Å². The average Bonchev–Trinajstić information content (AvgIpc) is 3.01. The summed E-state index contributed by atoms with van der Waals surface area (Å²) >= 11 is 7.16. The van der Waals surface area contributed by atoms with Crippen LogP contribution < -0.4 is 5.32 Å². The van der Waals surface area contributed by atoms with E-state index in [-0.39, 0.29) is 10.8 Å². The van der Waals surface area contributed by atoms with E-state index in [0.717, 1.165) is 37.6 Å². The monoisotopic (exact) mass is 403 g/mol. The van der Waals surface area contributed by atoms with Crippen molar-refractivity contribution in [2.75, 3.05) is 6.54 Å². The van der Waals surface area contributed by atoms with Crippen LogP contribution >= 0.6 is 22.9 Å². The molecule has 142 valence electrons. The van der Waals surface area contributed by atoms with Crippen LogP contribution in [-0.2, 0) is 25.6 Å². The third kappa shape index (κ3) is 5.32. The van der Waals surface area contributed by atoms with Gasteiger partial charge in [-0.1, -0.05) is 31.0 Å². The van der Waals surface area contributed by atoms with Gasteiger partial charge in [-0.15, -0.1) is 11.3 Å². The van der Waals surface area contributed by atoms with Crippen molar-refractivity contribution in [2.24, 2.45) is 0 Å². The molecule has 2 aromatic rings. The summed E-state index contributed by atoms with van der Waals surface area (Å²) in [4.78, 5) is 12.5. The van der Waals surface area contributed by atoms with Crippen LogP contribution in [0, 0.1) is 0 Å². The Bertz CT molecular complexity index is 771. The lowest BCUT2D eigenvalue weighted by Crippen LogP contribution is -2.23. The quantitative estimate of drug-likeness (QED) is 0.645. The summed E-state index contributed by atoms with van der Waals surface area (Å²) in [5, 5.41) is 5.04. The Kier molecular flexibility index (Phi) is 7.26. The van der Waals surface area contributed by atoms with E-state index in [4.69, 9.17) is 11.6 Å². The highest BCUT2D eigenvalue weighted by Gasteiger charge is 2.33. The van der Waals surface area contributed by atoms with Gasteiger partial charge in [0, 0.05) is 22.4 Å². The minimum absolute atomic E-state index is 0.203. The Hall–Kier alpha value is -1.37. The molecule has 2 heterocycles. The largest absolute Gasteiger partial charge is 0.417 e. The number of aryl methyl sites for hydroxylation is 1. The first-order valence-electron chi connectivity index (χ1n) is 8.40. The number of ketones is 1. The van der Waals surface area contributed by atoms with Gasteiger partial charge in [0.1, 0.15) is 0 Å². The Morgan fingerprint density at radius 1 is 1.35 bits per heavy atom. The zero-order chi connectivity index (χ0) is 19.3. The third-order valence-corrected chi connectivity index (χ3v) is 5.43. The summed E-state index contributed by atoms with van der Waals surface area (Å²) in [6, 6.07) is 4.04. The molecule has 0 spiro atoms. The van der Waals surface area contributed by atoms with Crippen molar-refractivity contribution in [3.63, 3.8) is 0 Å². The molecule has 1 aromatic heterocycles. The second-order valence-electron chi connectivity index (χ2n) is 6.10. The predicted octanol–water partition coefficient (Wildman–Crippen LogP) is 5.91. The van der Waals surface area contributed by atoms with Gasteiger partial charge in [0.15, 0.2) is 5.78 Å². The number of halogens is 4. The number of fused-ring (bicyclic) bond motifs is 1. The third-order valence-electron chi connectivity index (χ3n) is 4.07. The van der Waals surface area contributed by atoms with E-state index in [1.165, 1.54) is 16.5 Å². The summed E-state index contributed by atoms with van der Waals surface area (Å²) in [6.45, 7) is 5.50. The maximum atomic E-state index is 12.4. The number of hydrogen-bond donors (Lipinski definition) is 1. The number of Topliss-reactive ketones (excluding diaryl/α,β-unsaturated/α-hetero) is 1. The number of benzene rings is 1. The van der Waals surface area contributed by atoms with Gasteiger partial charge in [-0.25, -0.2) is 0 Å². The molecular weight excluding hydrogens is 383 g/mol. The van der Waals surface area contributed by atoms with Gasteiger partial charge in [-0.2, -0.15) is 13.2 Å². The van der Waals surface area contributed by atoms with Crippen LogP contribution in [0.4, 0.5) is 13.2 Å². The molecule has 1 aromatic carbocycles. The van der Waals surface area contributed by atoms with Crippen molar-refractivity contribution in [1.29, 1.82) is 0 Å². The van der Waals surface area contributed by atoms with Gasteiger partial charge in [-0.3, -0.25) is 4.79 Å². The molecule has 2 nitrogen and oxygen atoms in total. The lowest BCUT2D eigenvalue weighted by atomic mass is 10.0. The number of alkyl halides is 3. The van der Waals surface area contributed by atoms with Crippen LogP contribution in [0.3, 0.4) is 0 Å². The predicted molar refractivity (Wildman–Crippen MR) is 100 cm³/mol. The van der Waals surface area contributed by atoms with Crippen molar-refractivity contribution in [2.45, 2.75) is 45.8 Å². The van der Waals surface area contributed by atoms with Crippen molar-refractivity contribution in [1.82, 2.24) is 5.32 Å². The normalized spacial score (nSPS) is 13.6. The number of thiophene rings is 1. The summed E-state index contributed by atoms with van der Waals surface area (Å²) in [5.74, 6) is 0.203. The molecule has 0 atom stereocenters. The van der Waals surface area contributed by atoms with E-state index in [2.05, 4.69) is 5.32 Å². The van der Waals surface area contributed by atoms with Crippen LogP contribution in [0.1, 0.15) is 52.2 Å². The first-order valence-corrected chi connectivity index (χ1v) is 9.66. The first kappa shape index (κ1) is 20.9. The van der Waals surface area contributed by atoms with Crippen molar-refractivity contribution in [3.05, 3.63) is 55.7 Å². The van der Waals surface area contributed by atoms with Gasteiger partial charge in [0.05, 0.1) is 10.6 Å². The molecule has 0 bridgehead atoms. The highest BCUT2D eigenvalue weighted by molar-refractivity contribution is 7.10. The highest BCUT2D eigenvalue weighted by Crippen LogP contribution is 2.35. The number of rotatable bonds is 3. The minimum Gasteiger partial charge on any atom is -0.312 e. The van der Waals surface area contributed by atoms with Gasteiger partial charge in [0.25, 0.3) is 0 Å². The molecule has 1 N–H and O–H groups in total. The SMILES string of the molecule is CC(=O)c1csc2c1CCNC2.CCCc1ccc(Cl)c(C(F)(F)F)c1. The van der Waals surface area contributed by atoms with E-state index in [9.17, 15) is 18.0 Å². The number of nitrogens with one attached hydrogen (secondary N) is 1. The molecule has 0 radical (unpaired) electrons. The maximum absolute atomic E-state index is 12.4. The number of carbonyl (C=O) groups excluding carboxylic acids is 1. The Balaban J connectivity index is 0.000000189. The van der Waals surface area contributed by atoms with E-state index in [0.29, 0.717) is 12.0 Å². The minimum atomic E-state index is -4.36. The molecule has 3 rings (SSSR count). The molecule has 0 unspecified atom stereocenters. The topological polar surface area (TPSA) is 29.1 Å². The van der Waals surface area contributed by atoms with Crippen LogP contribution in [0.15, 0.2) is 23.6 Å². The average molecular weight is 404 g/mol. The Morgan fingerprint density at radius 2 is 2.08 bits per heavy atom. The summed E-state index contributed by atoms with van der Waals surface area (Å²) < 4.78 is 37.2. The maximum Gasteiger partial charge on any atom is 0.417 e. The first-order chi connectivity index (χ1) is 12.2. The summed E-state index contributed by atoms with van der Waals surface area (Å²) in [6.07, 6.45) is -1.90. The molecule has 0 saturated heterocycles. The lowest BCUT2D eigenvalue weighted by Gasteiger charge is -2.13. The standard InChI is InChI=1S/C10H10ClF3.C9H11NOS/c1-2-3-7-4-5-9(11)8(6-7)10(12,13)14;1-6(11)8-5-12-9-4-10-3-2-7(8)9/h4-6H,2-3H2,1H3;5,10H,2-4H2,1H3. The van der Waals surface area contributed by atoms with Crippen molar-refractivity contribution >= 4 is 28.7 Å². The molecular formula is C19H21ClF3NOS. The lowest BCUT2D eigenvalue weighted by molar-refractivity contribution is -0.137. The van der Waals surface area contributed by atoms with Gasteiger partial charge < -0.3 is 5.32 Å². The molecule has 1 aliphatic heterocycles. The Labute approximate surface area is 160 Å². The number of carbonyl (C=O) groups is 1. The van der Waals surface area contributed by atoms with Crippen molar-refractivity contribution in [3.8, 4) is 0 Å². The molecule has 0 saturated carbocycles. The summed E-state index contributed by atoms with van der Waals surface area (Å²) in [7, 11) is 0. The van der Waals surface area contributed by atoms with Gasteiger partial charge >= 0.3 is 6.18 Å². The summed E-state index contributed by atoms with van der Waals surface area (Å²) in [5.41, 5.74) is 2.15. The van der Waals surface area contributed by atoms with E-state index in [1.54, 1.807) is 24.3 Å². The Morgan fingerprint density at radius 3 is 2.69 bits per heavy atom. The smallest absolute Gasteiger partial charge is 0.312 e. The van der Waals surface area contributed by atoms with E-state index < -0.39 is 11.7 Å². The molecule has 0 amide bonds. The van der Waals surface area contributed by atoms with E-state index in [1.807, 2.05) is 12.3 Å². The zero-order valence-corrected chi connectivity index (χ0v) is 16.2. The second kappa shape index (κ2) is 9.02. The van der Waals surface area contributed by atoms with E-state index >= 15 is 0 Å². The second-order valence-corrected chi connectivity index (χ2v) is 7.47. The molecule has 0 aliphatic carbocycles. The molecule has 7 heteroatoms. The zero-order valence-electron chi connectivity index (χ0n) is 14.7. The van der Waals surface area contributed by atoms with Gasteiger partial charge in [-0.05, 0) is 49.6 Å².